The van der Waals surface area contributed by atoms with Crippen LogP contribution < -0.4 is 4.74 Å². The molecule has 20 heavy (non-hydrogen) atoms. The van der Waals surface area contributed by atoms with Crippen LogP contribution in [0.1, 0.15) is 19.4 Å². The highest BCUT2D eigenvalue weighted by molar-refractivity contribution is 7.98. The Balaban J connectivity index is 1.86. The van der Waals surface area contributed by atoms with Gasteiger partial charge in [0, 0.05) is 30.3 Å². The minimum absolute atomic E-state index is 0.186. The van der Waals surface area contributed by atoms with E-state index in [0.717, 1.165) is 35.2 Å². The van der Waals surface area contributed by atoms with E-state index in [4.69, 9.17) is 4.74 Å². The van der Waals surface area contributed by atoms with Crippen LogP contribution in [0.2, 0.25) is 0 Å². The van der Waals surface area contributed by atoms with E-state index in [1.165, 1.54) is 0 Å². The van der Waals surface area contributed by atoms with Crippen LogP contribution in [-0.4, -0.2) is 34.8 Å². The third-order valence-corrected chi connectivity index (χ3v) is 3.68. The number of fused-ring (bicyclic) bond motifs is 1. The zero-order valence-corrected chi connectivity index (χ0v) is 12.4. The summed E-state index contributed by atoms with van der Waals surface area (Å²) in [4.78, 5) is 6.63. The molecule has 0 aromatic heterocycles. The van der Waals surface area contributed by atoms with Crippen LogP contribution in [0.15, 0.2) is 46.1 Å². The molecule has 0 N–H and O–H groups in total. The summed E-state index contributed by atoms with van der Waals surface area (Å²) < 4.78 is 10.2. The van der Waals surface area contributed by atoms with Crippen molar-refractivity contribution in [1.82, 2.24) is 4.90 Å². The molecule has 0 unspecified atom stereocenters. The lowest BCUT2D eigenvalue weighted by Crippen LogP contribution is -2.38. The van der Waals surface area contributed by atoms with Gasteiger partial charge in [0.05, 0.1) is 6.10 Å². The van der Waals surface area contributed by atoms with Crippen LogP contribution in [0.25, 0.3) is 0 Å². The number of aliphatic imine (C=N–C) groups is 1. The van der Waals surface area contributed by atoms with Crippen molar-refractivity contribution in [2.24, 2.45) is 9.39 Å². The zero-order chi connectivity index (χ0) is 13.9. The highest BCUT2D eigenvalue weighted by Crippen LogP contribution is 2.21. The van der Waals surface area contributed by atoms with Gasteiger partial charge in [-0.15, -0.1) is 0 Å². The number of hydrogen-bond donors (Lipinski definition) is 0. The Hall–Kier alpha value is -1.75. The molecule has 0 saturated carbocycles. The first-order valence-electron chi connectivity index (χ1n) is 6.72. The number of ether oxygens (including phenoxy) is 1. The fraction of sp³-hybridized carbons (Fsp3) is 0.333. The topological polar surface area (TPSA) is 37.2 Å². The fourth-order valence-corrected chi connectivity index (χ4v) is 2.83. The fourth-order valence-electron chi connectivity index (χ4n) is 2.14. The summed E-state index contributed by atoms with van der Waals surface area (Å²) in [6.07, 6.45) is 4.01. The number of rotatable bonds is 3. The zero-order valence-electron chi connectivity index (χ0n) is 11.6. The number of nitrogens with zero attached hydrogens (tertiary/aromatic N) is 3. The van der Waals surface area contributed by atoms with E-state index >= 15 is 0 Å². The Morgan fingerprint density at radius 3 is 2.80 bits per heavy atom. The van der Waals surface area contributed by atoms with Crippen molar-refractivity contribution in [2.45, 2.75) is 20.0 Å². The van der Waals surface area contributed by atoms with Crippen LogP contribution in [0.5, 0.6) is 5.75 Å². The third kappa shape index (κ3) is 2.72. The molecule has 0 spiro atoms. The second-order valence-electron chi connectivity index (χ2n) is 4.91. The van der Waals surface area contributed by atoms with E-state index < -0.39 is 0 Å². The minimum Gasteiger partial charge on any atom is -0.491 e. The molecule has 0 radical (unpaired) electrons. The first-order chi connectivity index (χ1) is 9.74. The number of hydrogen-bond acceptors (Lipinski definition) is 5. The summed E-state index contributed by atoms with van der Waals surface area (Å²) in [5.74, 6) is 2.84. The predicted molar refractivity (Wildman–Crippen MR) is 84.5 cm³/mol. The lowest BCUT2D eigenvalue weighted by Gasteiger charge is -2.28. The standard InChI is InChI=1S/C15H17N3OS/c1-11(2)19-13-5-3-12(4-6-13)14-15-17-20-10-9-18(15)8-7-16-14/h3-8,11H,9-10H2,1-2H3. The molecule has 2 aliphatic heterocycles. The highest BCUT2D eigenvalue weighted by Gasteiger charge is 2.22. The second kappa shape index (κ2) is 5.71. The molecule has 1 aromatic rings. The molecule has 0 atom stereocenters. The van der Waals surface area contributed by atoms with E-state index in [0.29, 0.717) is 0 Å². The van der Waals surface area contributed by atoms with Gasteiger partial charge in [-0.1, -0.05) is 0 Å². The quantitative estimate of drug-likeness (QED) is 0.802. The lowest BCUT2D eigenvalue weighted by atomic mass is 10.1. The summed E-state index contributed by atoms with van der Waals surface area (Å²) in [5.41, 5.74) is 1.99. The lowest BCUT2D eigenvalue weighted by molar-refractivity contribution is 0.242. The van der Waals surface area contributed by atoms with Crippen molar-refractivity contribution < 1.29 is 4.74 Å². The van der Waals surface area contributed by atoms with E-state index in [1.54, 1.807) is 11.9 Å². The molecule has 0 saturated heterocycles. The van der Waals surface area contributed by atoms with Gasteiger partial charge < -0.3 is 9.64 Å². The molecule has 0 aliphatic carbocycles. The average Bonchev–Trinajstić information content (AvgIpc) is 2.47. The van der Waals surface area contributed by atoms with Crippen LogP contribution in [-0.2, 0) is 0 Å². The van der Waals surface area contributed by atoms with Crippen molar-refractivity contribution in [3.05, 3.63) is 42.2 Å². The van der Waals surface area contributed by atoms with E-state index in [2.05, 4.69) is 14.3 Å². The molecular formula is C15H17N3OS. The smallest absolute Gasteiger partial charge is 0.167 e. The molecule has 0 bridgehead atoms. The monoisotopic (exact) mass is 287 g/mol. The summed E-state index contributed by atoms with van der Waals surface area (Å²) >= 11 is 1.60. The minimum atomic E-state index is 0.186. The maximum atomic E-state index is 5.66. The Bertz CT molecular complexity index is 575. The third-order valence-electron chi connectivity index (χ3n) is 3.01. The van der Waals surface area contributed by atoms with Crippen molar-refractivity contribution in [1.29, 1.82) is 0 Å². The normalized spacial score (nSPS) is 17.6. The molecule has 2 aliphatic rings. The molecule has 5 heteroatoms. The molecule has 3 rings (SSSR count). The van der Waals surface area contributed by atoms with Crippen molar-refractivity contribution in [3.63, 3.8) is 0 Å². The van der Waals surface area contributed by atoms with E-state index in [-0.39, 0.29) is 6.10 Å². The van der Waals surface area contributed by atoms with Gasteiger partial charge in [-0.25, -0.2) is 0 Å². The first kappa shape index (κ1) is 13.2. The second-order valence-corrected chi connectivity index (χ2v) is 5.76. The Kier molecular flexibility index (Phi) is 3.78. The maximum absolute atomic E-state index is 5.66. The van der Waals surface area contributed by atoms with Gasteiger partial charge in [-0.05, 0) is 50.1 Å². The van der Waals surface area contributed by atoms with Gasteiger partial charge in [-0.3, -0.25) is 4.99 Å². The summed E-state index contributed by atoms with van der Waals surface area (Å²) in [5, 5.41) is 0. The molecule has 2 heterocycles. The average molecular weight is 287 g/mol. The van der Waals surface area contributed by atoms with Crippen LogP contribution in [0, 0.1) is 0 Å². The van der Waals surface area contributed by atoms with Crippen LogP contribution in [0.4, 0.5) is 0 Å². The molecule has 1 aromatic carbocycles. The van der Waals surface area contributed by atoms with Gasteiger partial charge in [0.1, 0.15) is 11.5 Å². The predicted octanol–water partition coefficient (Wildman–Crippen LogP) is 3.11. The first-order valence-corrected chi connectivity index (χ1v) is 7.67. The van der Waals surface area contributed by atoms with Crippen LogP contribution >= 0.6 is 11.9 Å². The van der Waals surface area contributed by atoms with Gasteiger partial charge in [0.2, 0.25) is 0 Å². The molecular weight excluding hydrogens is 270 g/mol. The summed E-state index contributed by atoms with van der Waals surface area (Å²) in [6, 6.07) is 8.04. The summed E-state index contributed by atoms with van der Waals surface area (Å²) in [7, 11) is 0. The van der Waals surface area contributed by atoms with Gasteiger partial charge in [0.25, 0.3) is 0 Å². The maximum Gasteiger partial charge on any atom is 0.167 e. The van der Waals surface area contributed by atoms with E-state index in [1.807, 2.05) is 50.5 Å². The van der Waals surface area contributed by atoms with Gasteiger partial charge >= 0.3 is 0 Å². The van der Waals surface area contributed by atoms with Crippen molar-refractivity contribution in [3.8, 4) is 5.75 Å². The highest BCUT2D eigenvalue weighted by atomic mass is 32.2. The Morgan fingerprint density at radius 1 is 1.25 bits per heavy atom. The van der Waals surface area contributed by atoms with Gasteiger partial charge in [-0.2, -0.15) is 4.40 Å². The molecule has 0 fully saturated rings. The molecule has 104 valence electrons. The Labute approximate surface area is 123 Å². The van der Waals surface area contributed by atoms with Crippen LogP contribution in [0.3, 0.4) is 0 Å². The van der Waals surface area contributed by atoms with Crippen molar-refractivity contribution >= 4 is 23.5 Å². The largest absolute Gasteiger partial charge is 0.491 e. The SMILES string of the molecule is CC(C)Oc1ccc(C2=NC=CN3CCSN=C23)cc1. The van der Waals surface area contributed by atoms with E-state index in [9.17, 15) is 0 Å². The molecule has 4 nitrogen and oxygen atoms in total. The number of amidine groups is 1. The Morgan fingerprint density at radius 2 is 2.05 bits per heavy atom. The van der Waals surface area contributed by atoms with Gasteiger partial charge in [0.15, 0.2) is 5.84 Å². The molecule has 0 amide bonds. The van der Waals surface area contributed by atoms with Crippen molar-refractivity contribution in [2.75, 3.05) is 12.3 Å². The summed E-state index contributed by atoms with van der Waals surface area (Å²) in [6.45, 7) is 5.03. The number of benzene rings is 1.